The summed E-state index contributed by atoms with van der Waals surface area (Å²) in [5.41, 5.74) is 2.07. The zero-order valence-corrected chi connectivity index (χ0v) is 23.5. The zero-order chi connectivity index (χ0) is 25.6. The third kappa shape index (κ3) is 12.9. The monoisotopic (exact) mass is 511 g/mol. The van der Waals surface area contributed by atoms with Crippen LogP contribution in [-0.4, -0.2) is 29.1 Å². The molecule has 2 aromatic carbocycles. The molecule has 0 saturated carbocycles. The fourth-order valence-corrected chi connectivity index (χ4v) is 5.44. The third-order valence-corrected chi connectivity index (χ3v) is 8.37. The molecular formula is C29H41NO3SSi. The fourth-order valence-electron chi connectivity index (χ4n) is 3.35. The quantitative estimate of drug-likeness (QED) is 0.133. The van der Waals surface area contributed by atoms with Crippen LogP contribution < -0.4 is 4.72 Å². The number of sulfonamides is 1. The van der Waals surface area contributed by atoms with Crippen LogP contribution >= 0.6 is 0 Å². The van der Waals surface area contributed by atoms with Crippen molar-refractivity contribution in [1.82, 2.24) is 4.72 Å². The predicted molar refractivity (Wildman–Crippen MR) is 150 cm³/mol. The Bertz CT molecular complexity index is 1060. The summed E-state index contributed by atoms with van der Waals surface area (Å²) in [7, 11) is -4.64. The molecule has 0 amide bonds. The molecule has 4 nitrogen and oxygen atoms in total. The van der Waals surface area contributed by atoms with E-state index in [1.807, 2.05) is 37.3 Å². The lowest BCUT2D eigenvalue weighted by atomic mass is 10.1. The van der Waals surface area contributed by atoms with Gasteiger partial charge >= 0.3 is 0 Å². The van der Waals surface area contributed by atoms with E-state index in [4.69, 9.17) is 4.74 Å². The molecule has 2 aromatic rings. The Morgan fingerprint density at radius 3 is 2.37 bits per heavy atom. The van der Waals surface area contributed by atoms with E-state index in [9.17, 15) is 8.42 Å². The maximum absolute atomic E-state index is 12.9. The van der Waals surface area contributed by atoms with Gasteiger partial charge in [0.2, 0.25) is 10.0 Å². The molecule has 1 atom stereocenters. The molecule has 1 N–H and O–H groups in total. The Hall–Kier alpha value is -2.17. The number of allylic oxidation sites excluding steroid dienone is 2. The van der Waals surface area contributed by atoms with E-state index in [0.29, 0.717) is 13.0 Å². The molecule has 6 heteroatoms. The van der Waals surface area contributed by atoms with Crippen molar-refractivity contribution in [3.05, 3.63) is 77.9 Å². The van der Waals surface area contributed by atoms with Gasteiger partial charge in [-0.15, -0.1) is 11.8 Å². The number of unbranched alkanes of at least 4 members (excludes halogenated alkanes) is 3. The normalized spacial score (nSPS) is 12.9. The summed E-state index contributed by atoms with van der Waals surface area (Å²) in [5, 5.41) is 0. The topological polar surface area (TPSA) is 55.4 Å². The average molecular weight is 512 g/mol. The second-order valence-electron chi connectivity index (χ2n) is 10.2. The van der Waals surface area contributed by atoms with Crippen LogP contribution in [0.2, 0.25) is 25.7 Å². The Morgan fingerprint density at radius 2 is 1.69 bits per heavy atom. The Morgan fingerprint density at radius 1 is 0.971 bits per heavy atom. The van der Waals surface area contributed by atoms with Crippen molar-refractivity contribution in [3.63, 3.8) is 0 Å². The van der Waals surface area contributed by atoms with Crippen molar-refractivity contribution in [2.75, 3.05) is 6.61 Å². The van der Waals surface area contributed by atoms with Crippen molar-refractivity contribution in [2.24, 2.45) is 0 Å². The summed E-state index contributed by atoms with van der Waals surface area (Å²) < 4.78 is 34.4. The average Bonchev–Trinajstić information content (AvgIpc) is 2.80. The van der Waals surface area contributed by atoms with E-state index in [-0.39, 0.29) is 11.5 Å². The number of ether oxygens (including phenoxy) is 1. The van der Waals surface area contributed by atoms with Crippen LogP contribution in [0.4, 0.5) is 0 Å². The van der Waals surface area contributed by atoms with Gasteiger partial charge in [-0.2, -0.15) is 0 Å². The van der Waals surface area contributed by atoms with Crippen molar-refractivity contribution in [3.8, 4) is 11.8 Å². The van der Waals surface area contributed by atoms with Crippen molar-refractivity contribution in [1.29, 1.82) is 0 Å². The third-order valence-electron chi connectivity index (χ3n) is 5.38. The van der Waals surface area contributed by atoms with Gasteiger partial charge in [0, 0.05) is 20.9 Å². The zero-order valence-electron chi connectivity index (χ0n) is 21.7. The first kappa shape index (κ1) is 29.1. The molecule has 2 rings (SSSR count). The van der Waals surface area contributed by atoms with E-state index in [1.165, 1.54) is 6.04 Å². The van der Waals surface area contributed by atoms with Gasteiger partial charge in [-0.1, -0.05) is 79.8 Å². The Labute approximate surface area is 214 Å². The molecule has 0 radical (unpaired) electrons. The summed E-state index contributed by atoms with van der Waals surface area (Å²) in [6.07, 6.45) is 9.14. The highest BCUT2D eigenvalue weighted by Gasteiger charge is 2.20. The highest BCUT2D eigenvalue weighted by molar-refractivity contribution is 7.89. The largest absolute Gasteiger partial charge is 0.375 e. The van der Waals surface area contributed by atoms with Crippen LogP contribution in [0.1, 0.15) is 43.2 Å². The maximum Gasteiger partial charge on any atom is 0.240 e. The molecule has 0 aliphatic carbocycles. The van der Waals surface area contributed by atoms with Crippen LogP contribution in [-0.2, 0) is 21.4 Å². The number of hydrogen-bond donors (Lipinski definition) is 1. The summed E-state index contributed by atoms with van der Waals surface area (Å²) in [5.74, 6) is 6.38. The maximum atomic E-state index is 12.9. The Balaban J connectivity index is 1.86. The molecule has 0 saturated heterocycles. The van der Waals surface area contributed by atoms with E-state index in [2.05, 4.69) is 48.4 Å². The molecule has 0 aliphatic heterocycles. The lowest BCUT2D eigenvalue weighted by Crippen LogP contribution is -2.38. The predicted octanol–water partition coefficient (Wildman–Crippen LogP) is 6.71. The van der Waals surface area contributed by atoms with Crippen LogP contribution in [0.3, 0.4) is 0 Å². The summed E-state index contributed by atoms with van der Waals surface area (Å²) in [4.78, 5) is 0.256. The molecule has 0 aromatic heterocycles. The molecule has 0 heterocycles. The first-order valence-electron chi connectivity index (χ1n) is 12.5. The van der Waals surface area contributed by atoms with Gasteiger partial charge in [-0.3, -0.25) is 0 Å². The van der Waals surface area contributed by atoms with Gasteiger partial charge in [0.05, 0.1) is 24.2 Å². The minimum atomic E-state index is -3.64. The lowest BCUT2D eigenvalue weighted by Gasteiger charge is -2.17. The highest BCUT2D eigenvalue weighted by Crippen LogP contribution is 2.12. The smallest absolute Gasteiger partial charge is 0.240 e. The summed E-state index contributed by atoms with van der Waals surface area (Å²) in [6.45, 7) is 9.78. The van der Waals surface area contributed by atoms with Crippen LogP contribution in [0, 0.1) is 18.8 Å². The van der Waals surface area contributed by atoms with Gasteiger partial charge in [0.25, 0.3) is 0 Å². The van der Waals surface area contributed by atoms with Crippen molar-refractivity contribution >= 4 is 18.1 Å². The first-order valence-corrected chi connectivity index (χ1v) is 17.7. The Kier molecular flexibility index (Phi) is 12.5. The molecule has 0 unspecified atom stereocenters. The van der Waals surface area contributed by atoms with E-state index in [1.54, 1.807) is 24.3 Å². The van der Waals surface area contributed by atoms with Crippen LogP contribution in [0.25, 0.3) is 0 Å². The molecule has 190 valence electrons. The number of nitrogens with one attached hydrogen (secondary N) is 1. The molecular weight excluding hydrogens is 470 g/mol. The van der Waals surface area contributed by atoms with Gasteiger partial charge in [-0.05, 0) is 49.9 Å². The second kappa shape index (κ2) is 15.1. The van der Waals surface area contributed by atoms with Crippen molar-refractivity contribution < 1.29 is 13.2 Å². The summed E-state index contributed by atoms with van der Waals surface area (Å²) in [6, 6.07) is 17.5. The molecule has 0 bridgehead atoms. The van der Waals surface area contributed by atoms with Gasteiger partial charge in [0.15, 0.2) is 0 Å². The molecule has 0 spiro atoms. The van der Waals surface area contributed by atoms with Gasteiger partial charge in [-0.25, -0.2) is 13.1 Å². The standard InChI is InChI=1S/C29H41NO3SSi/c1-26-19-21-29(22-20-26)34(31,32)30-28(25-33-24-27-16-12-11-13-17-27)18-14-9-7-5-6-8-10-15-23-35(2,3)4/h10-13,15-17,19-22,28,30H,5-8,18,23-25H2,1-4H3/b15-10-/t28-/m0/s1. The van der Waals surface area contributed by atoms with Crippen molar-refractivity contribution in [2.45, 2.75) is 82.3 Å². The lowest BCUT2D eigenvalue weighted by molar-refractivity contribution is 0.105. The first-order chi connectivity index (χ1) is 16.7. The SMILES string of the molecule is Cc1ccc(S(=O)(=O)N[C@@H](CC#CCCCC/C=C\C[Si](C)(C)C)COCc2ccccc2)cc1. The van der Waals surface area contributed by atoms with E-state index in [0.717, 1.165) is 36.8 Å². The van der Waals surface area contributed by atoms with Gasteiger partial charge < -0.3 is 4.74 Å². The number of aryl methyl sites for hydroxylation is 1. The highest BCUT2D eigenvalue weighted by atomic mass is 32.2. The second-order valence-corrected chi connectivity index (χ2v) is 17.4. The molecule has 35 heavy (non-hydrogen) atoms. The number of hydrogen-bond acceptors (Lipinski definition) is 3. The van der Waals surface area contributed by atoms with Crippen LogP contribution in [0.5, 0.6) is 0 Å². The van der Waals surface area contributed by atoms with E-state index >= 15 is 0 Å². The molecule has 0 fully saturated rings. The fraction of sp³-hybridized carbons (Fsp3) is 0.448. The molecule has 0 aliphatic rings. The number of benzene rings is 2. The van der Waals surface area contributed by atoms with E-state index < -0.39 is 24.1 Å². The minimum absolute atomic E-state index is 0.256. The summed E-state index contributed by atoms with van der Waals surface area (Å²) >= 11 is 0. The van der Waals surface area contributed by atoms with Crippen LogP contribution in [0.15, 0.2) is 71.6 Å². The number of rotatable bonds is 14. The van der Waals surface area contributed by atoms with Gasteiger partial charge in [0.1, 0.15) is 0 Å². The minimum Gasteiger partial charge on any atom is -0.375 e.